The minimum Gasteiger partial charge on any atom is -0.348 e. The molecule has 2 N–H and O–H groups in total. The fourth-order valence-electron chi connectivity index (χ4n) is 3.98. The molecule has 5 nitrogen and oxygen atoms in total. The van der Waals surface area contributed by atoms with E-state index in [4.69, 9.17) is 5.10 Å². The molecule has 132 valence electrons. The fourth-order valence-corrected chi connectivity index (χ4v) is 3.98. The van der Waals surface area contributed by atoms with Crippen LogP contribution >= 0.6 is 0 Å². The van der Waals surface area contributed by atoms with Crippen molar-refractivity contribution >= 4 is 5.91 Å². The third-order valence-electron chi connectivity index (χ3n) is 5.53. The molecular formula is C20H26N4O. The third kappa shape index (κ3) is 3.09. The van der Waals surface area contributed by atoms with Gasteiger partial charge in [-0.3, -0.25) is 4.79 Å². The number of benzene rings is 1. The Hall–Kier alpha value is -2.14. The van der Waals surface area contributed by atoms with Crippen LogP contribution in [0.25, 0.3) is 5.69 Å². The standard InChI is InChI=1S/C20H26N4O/c1-13-6-8-15(9-7-13)24-18-5-3-4-16(18)19(23-24)20(25)22-17-10-11-21-12-14(17)2/h6-9,14,17,21H,3-5,10-12H2,1-2H3,(H,22,25). The summed E-state index contributed by atoms with van der Waals surface area (Å²) in [5.74, 6) is 0.438. The number of piperidine rings is 1. The Morgan fingerprint density at radius 2 is 2.08 bits per heavy atom. The second kappa shape index (κ2) is 6.64. The van der Waals surface area contributed by atoms with Crippen molar-refractivity contribution in [1.82, 2.24) is 20.4 Å². The van der Waals surface area contributed by atoms with E-state index in [1.807, 2.05) is 4.68 Å². The number of amides is 1. The highest BCUT2D eigenvalue weighted by Gasteiger charge is 2.29. The Kier molecular flexibility index (Phi) is 4.34. The summed E-state index contributed by atoms with van der Waals surface area (Å²) in [7, 11) is 0. The lowest BCUT2D eigenvalue weighted by Gasteiger charge is -2.30. The summed E-state index contributed by atoms with van der Waals surface area (Å²) in [5, 5.41) is 11.3. The Morgan fingerprint density at radius 1 is 1.28 bits per heavy atom. The smallest absolute Gasteiger partial charge is 0.272 e. The molecule has 1 fully saturated rings. The van der Waals surface area contributed by atoms with E-state index in [2.05, 4.69) is 48.7 Å². The Morgan fingerprint density at radius 3 is 2.84 bits per heavy atom. The molecule has 0 radical (unpaired) electrons. The van der Waals surface area contributed by atoms with Gasteiger partial charge in [-0.05, 0) is 63.7 Å². The minimum absolute atomic E-state index is 0.0113. The second-order valence-electron chi connectivity index (χ2n) is 7.42. The van der Waals surface area contributed by atoms with Gasteiger partial charge in [0.2, 0.25) is 0 Å². The van der Waals surface area contributed by atoms with E-state index in [-0.39, 0.29) is 11.9 Å². The molecule has 2 atom stereocenters. The van der Waals surface area contributed by atoms with Gasteiger partial charge in [-0.2, -0.15) is 5.10 Å². The van der Waals surface area contributed by atoms with Crippen LogP contribution in [-0.2, 0) is 12.8 Å². The van der Waals surface area contributed by atoms with Crippen LogP contribution in [-0.4, -0.2) is 34.8 Å². The zero-order chi connectivity index (χ0) is 17.4. The van der Waals surface area contributed by atoms with Crippen LogP contribution in [0.15, 0.2) is 24.3 Å². The van der Waals surface area contributed by atoms with Crippen LogP contribution in [0.5, 0.6) is 0 Å². The maximum atomic E-state index is 12.9. The van der Waals surface area contributed by atoms with E-state index in [0.29, 0.717) is 11.6 Å². The average molecular weight is 338 g/mol. The van der Waals surface area contributed by atoms with Crippen LogP contribution in [0.3, 0.4) is 0 Å². The number of nitrogens with one attached hydrogen (secondary N) is 2. The van der Waals surface area contributed by atoms with E-state index in [9.17, 15) is 4.79 Å². The average Bonchev–Trinajstić information content (AvgIpc) is 3.20. The number of nitrogens with zero attached hydrogens (tertiary/aromatic N) is 2. The molecule has 1 aromatic carbocycles. The maximum absolute atomic E-state index is 12.9. The molecule has 1 aliphatic carbocycles. The van der Waals surface area contributed by atoms with Crippen molar-refractivity contribution in [2.24, 2.45) is 5.92 Å². The summed E-state index contributed by atoms with van der Waals surface area (Å²) in [6.07, 6.45) is 4.02. The Balaban J connectivity index is 1.63. The lowest BCUT2D eigenvalue weighted by molar-refractivity contribution is 0.0907. The largest absolute Gasteiger partial charge is 0.348 e. The molecule has 0 bridgehead atoms. The van der Waals surface area contributed by atoms with Crippen LogP contribution in [0.2, 0.25) is 0 Å². The Bertz CT molecular complexity index is 778. The molecule has 5 heteroatoms. The van der Waals surface area contributed by atoms with Crippen molar-refractivity contribution in [3.8, 4) is 5.69 Å². The number of carbonyl (C=O) groups is 1. The first kappa shape index (κ1) is 16.3. The summed E-state index contributed by atoms with van der Waals surface area (Å²) in [4.78, 5) is 12.9. The van der Waals surface area contributed by atoms with Crippen molar-refractivity contribution in [3.63, 3.8) is 0 Å². The summed E-state index contributed by atoms with van der Waals surface area (Å²) < 4.78 is 1.97. The lowest BCUT2D eigenvalue weighted by Crippen LogP contribution is -2.48. The molecule has 1 saturated heterocycles. The summed E-state index contributed by atoms with van der Waals surface area (Å²) in [5.41, 5.74) is 5.23. The van der Waals surface area contributed by atoms with Crippen LogP contribution in [0.4, 0.5) is 0 Å². The predicted octanol–water partition coefficient (Wildman–Crippen LogP) is 2.40. The van der Waals surface area contributed by atoms with Crippen molar-refractivity contribution in [1.29, 1.82) is 0 Å². The summed E-state index contributed by atoms with van der Waals surface area (Å²) >= 11 is 0. The van der Waals surface area contributed by atoms with Gasteiger partial charge in [0.1, 0.15) is 0 Å². The third-order valence-corrected chi connectivity index (χ3v) is 5.53. The van der Waals surface area contributed by atoms with Crippen molar-refractivity contribution in [2.45, 2.75) is 45.6 Å². The second-order valence-corrected chi connectivity index (χ2v) is 7.42. The van der Waals surface area contributed by atoms with E-state index in [1.54, 1.807) is 0 Å². The maximum Gasteiger partial charge on any atom is 0.272 e. The van der Waals surface area contributed by atoms with E-state index in [0.717, 1.165) is 50.0 Å². The highest BCUT2D eigenvalue weighted by molar-refractivity contribution is 5.94. The molecule has 2 unspecified atom stereocenters. The molecule has 4 rings (SSSR count). The highest BCUT2D eigenvalue weighted by atomic mass is 16.2. The molecule has 2 aromatic rings. The number of aromatic nitrogens is 2. The van der Waals surface area contributed by atoms with E-state index >= 15 is 0 Å². The van der Waals surface area contributed by atoms with Gasteiger partial charge in [0.05, 0.1) is 5.69 Å². The van der Waals surface area contributed by atoms with Gasteiger partial charge in [0.25, 0.3) is 5.91 Å². The topological polar surface area (TPSA) is 59.0 Å². The van der Waals surface area contributed by atoms with Crippen LogP contribution in [0.1, 0.15) is 47.1 Å². The van der Waals surface area contributed by atoms with Gasteiger partial charge in [-0.1, -0.05) is 24.6 Å². The zero-order valence-corrected chi connectivity index (χ0v) is 15.0. The quantitative estimate of drug-likeness (QED) is 0.903. The van der Waals surface area contributed by atoms with Gasteiger partial charge in [-0.15, -0.1) is 0 Å². The molecule has 2 heterocycles. The summed E-state index contributed by atoms with van der Waals surface area (Å²) in [6, 6.07) is 8.58. The van der Waals surface area contributed by atoms with Crippen molar-refractivity contribution in [3.05, 3.63) is 46.8 Å². The SMILES string of the molecule is Cc1ccc(-n2nc(C(=O)NC3CCNCC3C)c3c2CCC3)cc1. The molecule has 1 aromatic heterocycles. The van der Waals surface area contributed by atoms with Crippen molar-refractivity contribution in [2.75, 3.05) is 13.1 Å². The van der Waals surface area contributed by atoms with Crippen LogP contribution in [0, 0.1) is 12.8 Å². The molecule has 1 aliphatic heterocycles. The van der Waals surface area contributed by atoms with E-state index < -0.39 is 0 Å². The van der Waals surface area contributed by atoms with E-state index in [1.165, 1.54) is 11.3 Å². The van der Waals surface area contributed by atoms with Gasteiger partial charge >= 0.3 is 0 Å². The van der Waals surface area contributed by atoms with Crippen LogP contribution < -0.4 is 10.6 Å². The molecule has 1 amide bonds. The first-order valence-corrected chi connectivity index (χ1v) is 9.33. The van der Waals surface area contributed by atoms with Crippen molar-refractivity contribution < 1.29 is 4.79 Å². The summed E-state index contributed by atoms with van der Waals surface area (Å²) in [6.45, 7) is 6.19. The molecular weight excluding hydrogens is 312 g/mol. The molecule has 0 spiro atoms. The van der Waals surface area contributed by atoms with Gasteiger partial charge in [0.15, 0.2) is 5.69 Å². The normalized spacial score (nSPS) is 22.6. The Labute approximate surface area is 148 Å². The van der Waals surface area contributed by atoms with Gasteiger partial charge < -0.3 is 10.6 Å². The first-order chi connectivity index (χ1) is 12.1. The molecule has 2 aliphatic rings. The molecule has 25 heavy (non-hydrogen) atoms. The number of aryl methyl sites for hydroxylation is 1. The number of carbonyl (C=O) groups excluding carboxylic acids is 1. The van der Waals surface area contributed by atoms with Gasteiger partial charge in [0, 0.05) is 17.3 Å². The zero-order valence-electron chi connectivity index (χ0n) is 15.0. The molecule has 0 saturated carbocycles. The highest BCUT2D eigenvalue weighted by Crippen LogP contribution is 2.28. The fraction of sp³-hybridized carbons (Fsp3) is 0.500. The minimum atomic E-state index is -0.0113. The van der Waals surface area contributed by atoms with Gasteiger partial charge in [-0.25, -0.2) is 4.68 Å². The predicted molar refractivity (Wildman–Crippen MR) is 98.2 cm³/mol. The number of hydrogen-bond acceptors (Lipinski definition) is 3. The number of hydrogen-bond donors (Lipinski definition) is 2. The monoisotopic (exact) mass is 338 g/mol. The number of fused-ring (bicyclic) bond motifs is 1. The first-order valence-electron chi connectivity index (χ1n) is 9.33. The number of rotatable bonds is 3. The lowest BCUT2D eigenvalue weighted by atomic mass is 9.95.